The molecule has 2 unspecified atom stereocenters. The molecular formula is C18H37N3O4. The molecule has 7 heteroatoms. The standard InChI is InChI=1S/C12H22N2O4.C6H15N/c1-3-9(4-2)14-11(16)7-8-13-10(15)5-6-12(17)18;1-4-5(2)6(3)7/h9H,3-8H2,1-2H3,(H,13,15)(H,14,16)(H,17,18);5-6H,4,7H2,1-3H3. The van der Waals surface area contributed by atoms with Crippen LogP contribution in [0.5, 0.6) is 0 Å². The van der Waals surface area contributed by atoms with Crippen molar-refractivity contribution in [3.05, 3.63) is 0 Å². The van der Waals surface area contributed by atoms with Crippen molar-refractivity contribution in [1.29, 1.82) is 0 Å². The van der Waals surface area contributed by atoms with E-state index < -0.39 is 5.97 Å². The molecule has 0 aromatic heterocycles. The Balaban J connectivity index is 0. The fraction of sp³-hybridized carbons (Fsp3) is 0.833. The van der Waals surface area contributed by atoms with Gasteiger partial charge >= 0.3 is 5.97 Å². The fourth-order valence-corrected chi connectivity index (χ4v) is 1.79. The molecule has 2 atom stereocenters. The Morgan fingerprint density at radius 3 is 1.84 bits per heavy atom. The van der Waals surface area contributed by atoms with Gasteiger partial charge in [-0.05, 0) is 25.7 Å². The SMILES string of the molecule is CCC(C)C(C)N.CCC(CC)NC(=O)CCNC(=O)CCC(=O)O. The molecule has 0 aliphatic carbocycles. The number of amides is 2. The van der Waals surface area contributed by atoms with Crippen LogP contribution in [0.1, 0.15) is 73.1 Å². The van der Waals surface area contributed by atoms with Gasteiger partial charge in [-0.2, -0.15) is 0 Å². The maximum Gasteiger partial charge on any atom is 0.303 e. The van der Waals surface area contributed by atoms with Crippen LogP contribution in [-0.2, 0) is 14.4 Å². The van der Waals surface area contributed by atoms with Crippen LogP contribution in [0.2, 0.25) is 0 Å². The van der Waals surface area contributed by atoms with Crippen LogP contribution < -0.4 is 16.4 Å². The highest BCUT2D eigenvalue weighted by Gasteiger charge is 2.09. The lowest BCUT2D eigenvalue weighted by Gasteiger charge is -2.14. The Labute approximate surface area is 152 Å². The van der Waals surface area contributed by atoms with Crippen molar-refractivity contribution in [3.63, 3.8) is 0 Å². The molecule has 148 valence electrons. The summed E-state index contributed by atoms with van der Waals surface area (Å²) >= 11 is 0. The minimum Gasteiger partial charge on any atom is -0.481 e. The minimum absolute atomic E-state index is 0.0521. The van der Waals surface area contributed by atoms with Crippen molar-refractivity contribution < 1.29 is 19.5 Å². The van der Waals surface area contributed by atoms with Gasteiger partial charge < -0.3 is 21.5 Å². The van der Waals surface area contributed by atoms with E-state index in [0.717, 1.165) is 12.8 Å². The zero-order valence-electron chi connectivity index (χ0n) is 16.4. The summed E-state index contributed by atoms with van der Waals surface area (Å²) in [7, 11) is 0. The van der Waals surface area contributed by atoms with E-state index in [9.17, 15) is 14.4 Å². The van der Waals surface area contributed by atoms with E-state index in [2.05, 4.69) is 24.5 Å². The third-order valence-corrected chi connectivity index (χ3v) is 4.13. The van der Waals surface area contributed by atoms with Crippen LogP contribution in [-0.4, -0.2) is 41.5 Å². The lowest BCUT2D eigenvalue weighted by Crippen LogP contribution is -2.36. The topological polar surface area (TPSA) is 122 Å². The second-order valence-corrected chi connectivity index (χ2v) is 6.32. The molecule has 0 aliphatic rings. The summed E-state index contributed by atoms with van der Waals surface area (Å²) in [5.41, 5.74) is 5.55. The van der Waals surface area contributed by atoms with Gasteiger partial charge in [0.2, 0.25) is 11.8 Å². The number of hydrogen-bond donors (Lipinski definition) is 4. The number of rotatable bonds is 11. The lowest BCUT2D eigenvalue weighted by atomic mass is 10.0. The van der Waals surface area contributed by atoms with Crippen LogP contribution in [0.25, 0.3) is 0 Å². The molecule has 0 saturated heterocycles. The molecule has 7 nitrogen and oxygen atoms in total. The van der Waals surface area contributed by atoms with Crippen LogP contribution >= 0.6 is 0 Å². The number of hydrogen-bond acceptors (Lipinski definition) is 4. The van der Waals surface area contributed by atoms with Crippen LogP contribution in [0.3, 0.4) is 0 Å². The largest absolute Gasteiger partial charge is 0.481 e. The molecule has 0 radical (unpaired) electrons. The highest BCUT2D eigenvalue weighted by Crippen LogP contribution is 2.02. The second-order valence-electron chi connectivity index (χ2n) is 6.32. The van der Waals surface area contributed by atoms with Crippen molar-refractivity contribution >= 4 is 17.8 Å². The molecule has 0 fully saturated rings. The van der Waals surface area contributed by atoms with E-state index >= 15 is 0 Å². The van der Waals surface area contributed by atoms with E-state index in [-0.39, 0.29) is 43.7 Å². The predicted molar refractivity (Wildman–Crippen MR) is 100 cm³/mol. The summed E-state index contributed by atoms with van der Waals surface area (Å²) in [6.07, 6.45) is 2.93. The van der Waals surface area contributed by atoms with Gasteiger partial charge in [0, 0.05) is 31.5 Å². The van der Waals surface area contributed by atoms with Crippen molar-refractivity contribution in [2.45, 2.75) is 85.2 Å². The summed E-state index contributed by atoms with van der Waals surface area (Å²) in [4.78, 5) is 32.8. The first-order valence-corrected chi connectivity index (χ1v) is 9.21. The average molecular weight is 360 g/mol. The number of carbonyl (C=O) groups is 3. The highest BCUT2D eigenvalue weighted by molar-refractivity contribution is 5.81. The quantitative estimate of drug-likeness (QED) is 0.450. The zero-order chi connectivity index (χ0) is 19.8. The molecular weight excluding hydrogens is 322 g/mol. The summed E-state index contributed by atoms with van der Waals surface area (Å²) < 4.78 is 0. The molecule has 0 bridgehead atoms. The predicted octanol–water partition coefficient (Wildman–Crippen LogP) is 2.04. The highest BCUT2D eigenvalue weighted by atomic mass is 16.4. The van der Waals surface area contributed by atoms with E-state index in [1.807, 2.05) is 20.8 Å². The first kappa shape index (κ1) is 25.6. The molecule has 0 saturated carbocycles. The van der Waals surface area contributed by atoms with Crippen LogP contribution in [0.15, 0.2) is 0 Å². The molecule has 0 heterocycles. The average Bonchev–Trinajstić information content (AvgIpc) is 2.57. The molecule has 0 aromatic rings. The van der Waals surface area contributed by atoms with Gasteiger partial charge in [0.15, 0.2) is 0 Å². The maximum atomic E-state index is 11.5. The third kappa shape index (κ3) is 17.0. The summed E-state index contributed by atoms with van der Waals surface area (Å²) in [6.45, 7) is 10.6. The van der Waals surface area contributed by atoms with Gasteiger partial charge in [0.1, 0.15) is 0 Å². The van der Waals surface area contributed by atoms with Crippen LogP contribution in [0, 0.1) is 5.92 Å². The first-order valence-electron chi connectivity index (χ1n) is 9.21. The molecule has 0 aliphatic heterocycles. The minimum atomic E-state index is -1.00. The Morgan fingerprint density at radius 1 is 0.920 bits per heavy atom. The Kier molecular flexibility index (Phi) is 16.3. The molecule has 25 heavy (non-hydrogen) atoms. The van der Waals surface area contributed by atoms with Crippen molar-refractivity contribution in [2.24, 2.45) is 11.7 Å². The van der Waals surface area contributed by atoms with E-state index in [1.165, 1.54) is 6.42 Å². The van der Waals surface area contributed by atoms with Gasteiger partial charge in [0.05, 0.1) is 6.42 Å². The summed E-state index contributed by atoms with van der Waals surface area (Å²) in [5, 5.41) is 13.8. The number of aliphatic carboxylic acids is 1. The Hall–Kier alpha value is -1.63. The van der Waals surface area contributed by atoms with Gasteiger partial charge in [-0.3, -0.25) is 14.4 Å². The van der Waals surface area contributed by atoms with E-state index in [4.69, 9.17) is 10.8 Å². The van der Waals surface area contributed by atoms with Crippen molar-refractivity contribution in [1.82, 2.24) is 10.6 Å². The van der Waals surface area contributed by atoms with Gasteiger partial charge in [-0.15, -0.1) is 0 Å². The second kappa shape index (κ2) is 15.9. The molecule has 0 aromatic carbocycles. The fourth-order valence-electron chi connectivity index (χ4n) is 1.79. The lowest BCUT2D eigenvalue weighted by molar-refractivity contribution is -0.138. The van der Waals surface area contributed by atoms with Crippen molar-refractivity contribution in [2.75, 3.05) is 6.54 Å². The number of carboxylic acids is 1. The Morgan fingerprint density at radius 2 is 1.48 bits per heavy atom. The number of carbonyl (C=O) groups excluding carboxylic acids is 2. The summed E-state index contributed by atoms with van der Waals surface area (Å²) in [5.74, 6) is -0.758. The smallest absolute Gasteiger partial charge is 0.303 e. The molecule has 5 N–H and O–H groups in total. The first-order chi connectivity index (χ1) is 11.7. The van der Waals surface area contributed by atoms with Crippen LogP contribution in [0.4, 0.5) is 0 Å². The van der Waals surface area contributed by atoms with Crippen molar-refractivity contribution in [3.8, 4) is 0 Å². The van der Waals surface area contributed by atoms with Gasteiger partial charge in [-0.25, -0.2) is 0 Å². The maximum absolute atomic E-state index is 11.5. The van der Waals surface area contributed by atoms with E-state index in [0.29, 0.717) is 12.0 Å². The van der Waals surface area contributed by atoms with Gasteiger partial charge in [-0.1, -0.05) is 34.1 Å². The number of nitrogens with two attached hydrogens (primary N) is 1. The third-order valence-electron chi connectivity index (χ3n) is 4.13. The number of nitrogens with one attached hydrogen (secondary N) is 2. The monoisotopic (exact) mass is 359 g/mol. The summed E-state index contributed by atoms with van der Waals surface area (Å²) in [6, 6.07) is 0.546. The molecule has 0 spiro atoms. The number of carboxylic acid groups (broad SMARTS) is 1. The normalized spacial score (nSPS) is 12.6. The Bertz CT molecular complexity index is 383. The molecule has 2 amide bonds. The van der Waals surface area contributed by atoms with E-state index in [1.54, 1.807) is 0 Å². The molecule has 0 rings (SSSR count). The van der Waals surface area contributed by atoms with Gasteiger partial charge in [0.25, 0.3) is 0 Å². The zero-order valence-corrected chi connectivity index (χ0v) is 16.4.